The molecule has 2 rings (SSSR count). The van der Waals surface area contributed by atoms with Gasteiger partial charge >= 0.3 is 6.09 Å². The second-order valence-electron chi connectivity index (χ2n) is 7.01. The molecule has 1 aromatic rings. The first-order valence-electron chi connectivity index (χ1n) is 8.36. The van der Waals surface area contributed by atoms with Crippen LogP contribution in [0, 0.1) is 0 Å². The van der Waals surface area contributed by atoms with Crippen molar-refractivity contribution in [1.82, 2.24) is 20.2 Å². The zero-order chi connectivity index (χ0) is 16.9. The van der Waals surface area contributed by atoms with Gasteiger partial charge < -0.3 is 15.0 Å². The third-order valence-electron chi connectivity index (χ3n) is 3.99. The Labute approximate surface area is 138 Å². The standard InChI is InChI=1S/C17H28N4O2/c1-5-23-16(22)21-8-6-14(7-9-21)18-10-13-11-19-15(20-12-13)17(2,3)4/h11-12,14,18H,5-10H2,1-4H3. The van der Waals surface area contributed by atoms with Crippen molar-refractivity contribution in [3.63, 3.8) is 0 Å². The minimum absolute atomic E-state index is 0.0219. The molecule has 0 atom stereocenters. The van der Waals surface area contributed by atoms with Gasteiger partial charge in [0.15, 0.2) is 0 Å². The van der Waals surface area contributed by atoms with Crippen molar-refractivity contribution in [2.24, 2.45) is 0 Å². The van der Waals surface area contributed by atoms with Crippen molar-refractivity contribution in [3.8, 4) is 0 Å². The first kappa shape index (κ1) is 17.7. The summed E-state index contributed by atoms with van der Waals surface area (Å²) in [6.45, 7) is 10.8. The first-order valence-corrected chi connectivity index (χ1v) is 8.36. The molecule has 0 saturated carbocycles. The maximum absolute atomic E-state index is 11.7. The smallest absolute Gasteiger partial charge is 0.409 e. The van der Waals surface area contributed by atoms with Crippen molar-refractivity contribution < 1.29 is 9.53 Å². The molecule has 1 fully saturated rings. The SMILES string of the molecule is CCOC(=O)N1CCC(NCc2cnc(C(C)(C)C)nc2)CC1. The molecule has 1 amide bonds. The van der Waals surface area contributed by atoms with E-state index in [-0.39, 0.29) is 11.5 Å². The van der Waals surface area contributed by atoms with Gasteiger partial charge in [0.2, 0.25) is 0 Å². The van der Waals surface area contributed by atoms with Crippen LogP contribution in [0.15, 0.2) is 12.4 Å². The number of nitrogens with one attached hydrogen (secondary N) is 1. The fourth-order valence-corrected chi connectivity index (χ4v) is 2.58. The molecule has 2 heterocycles. The minimum atomic E-state index is -0.197. The van der Waals surface area contributed by atoms with E-state index in [2.05, 4.69) is 36.1 Å². The zero-order valence-corrected chi connectivity index (χ0v) is 14.6. The van der Waals surface area contributed by atoms with Gasteiger partial charge in [-0.25, -0.2) is 14.8 Å². The maximum atomic E-state index is 11.7. The Morgan fingerprint density at radius 1 is 1.30 bits per heavy atom. The summed E-state index contributed by atoms with van der Waals surface area (Å²) in [7, 11) is 0. The summed E-state index contributed by atoms with van der Waals surface area (Å²) in [5.74, 6) is 0.865. The highest BCUT2D eigenvalue weighted by Crippen LogP contribution is 2.17. The molecule has 0 aromatic carbocycles. The highest BCUT2D eigenvalue weighted by molar-refractivity contribution is 5.67. The van der Waals surface area contributed by atoms with E-state index in [1.165, 1.54) is 0 Å². The maximum Gasteiger partial charge on any atom is 0.409 e. The summed E-state index contributed by atoms with van der Waals surface area (Å²) in [6.07, 6.45) is 5.49. The Morgan fingerprint density at radius 2 is 1.91 bits per heavy atom. The van der Waals surface area contributed by atoms with Crippen LogP contribution in [0.25, 0.3) is 0 Å². The summed E-state index contributed by atoms with van der Waals surface area (Å²) in [6, 6.07) is 0.419. The topological polar surface area (TPSA) is 67.3 Å². The third kappa shape index (κ3) is 5.16. The predicted molar refractivity (Wildman–Crippen MR) is 89.2 cm³/mol. The monoisotopic (exact) mass is 320 g/mol. The number of amides is 1. The molecule has 6 heteroatoms. The number of carbonyl (C=O) groups is 1. The average molecular weight is 320 g/mol. The van der Waals surface area contributed by atoms with E-state index in [0.717, 1.165) is 43.9 Å². The lowest BCUT2D eigenvalue weighted by Gasteiger charge is -2.31. The molecule has 1 N–H and O–H groups in total. The normalized spacial score (nSPS) is 16.4. The third-order valence-corrected chi connectivity index (χ3v) is 3.99. The van der Waals surface area contributed by atoms with E-state index in [0.29, 0.717) is 12.6 Å². The van der Waals surface area contributed by atoms with Gasteiger partial charge in [-0.2, -0.15) is 0 Å². The number of hydrogen-bond acceptors (Lipinski definition) is 5. The Hall–Kier alpha value is -1.69. The minimum Gasteiger partial charge on any atom is -0.450 e. The summed E-state index contributed by atoms with van der Waals surface area (Å²) < 4.78 is 5.03. The summed E-state index contributed by atoms with van der Waals surface area (Å²) in [5.41, 5.74) is 1.07. The molecule has 6 nitrogen and oxygen atoms in total. The van der Waals surface area contributed by atoms with Gasteiger partial charge in [0.1, 0.15) is 5.82 Å². The van der Waals surface area contributed by atoms with Gasteiger partial charge in [0.25, 0.3) is 0 Å². The largest absolute Gasteiger partial charge is 0.450 e. The van der Waals surface area contributed by atoms with E-state index in [4.69, 9.17) is 4.74 Å². The zero-order valence-electron chi connectivity index (χ0n) is 14.6. The van der Waals surface area contributed by atoms with E-state index >= 15 is 0 Å². The molecule has 1 aromatic heterocycles. The molecule has 0 bridgehead atoms. The number of aromatic nitrogens is 2. The quantitative estimate of drug-likeness (QED) is 0.923. The Balaban J connectivity index is 1.76. The number of ether oxygens (including phenoxy) is 1. The summed E-state index contributed by atoms with van der Waals surface area (Å²) in [5, 5.41) is 3.53. The van der Waals surface area contributed by atoms with E-state index < -0.39 is 0 Å². The van der Waals surface area contributed by atoms with Crippen LogP contribution in [0.3, 0.4) is 0 Å². The molecule has 1 aliphatic heterocycles. The van der Waals surface area contributed by atoms with Gasteiger partial charge in [-0.05, 0) is 19.8 Å². The Kier molecular flexibility index (Phi) is 5.93. The molecule has 1 aliphatic rings. The molecule has 23 heavy (non-hydrogen) atoms. The molecule has 0 unspecified atom stereocenters. The van der Waals surface area contributed by atoms with E-state index in [1.807, 2.05) is 19.3 Å². The first-order chi connectivity index (χ1) is 10.9. The van der Waals surface area contributed by atoms with Crippen molar-refractivity contribution in [3.05, 3.63) is 23.8 Å². The molecule has 128 valence electrons. The highest BCUT2D eigenvalue weighted by atomic mass is 16.6. The summed E-state index contributed by atoms with van der Waals surface area (Å²) >= 11 is 0. The molecule has 0 spiro atoms. The second kappa shape index (κ2) is 7.73. The molecule has 1 saturated heterocycles. The van der Waals surface area contributed by atoms with Gasteiger partial charge in [-0.1, -0.05) is 20.8 Å². The summed E-state index contributed by atoms with van der Waals surface area (Å²) in [4.78, 5) is 22.3. The van der Waals surface area contributed by atoms with Gasteiger partial charge in [-0.3, -0.25) is 0 Å². The highest BCUT2D eigenvalue weighted by Gasteiger charge is 2.23. The van der Waals surface area contributed by atoms with Crippen LogP contribution in [0.4, 0.5) is 4.79 Å². The van der Waals surface area contributed by atoms with Crippen molar-refractivity contribution >= 4 is 6.09 Å². The van der Waals surface area contributed by atoms with E-state index in [9.17, 15) is 4.79 Å². The lowest BCUT2D eigenvalue weighted by molar-refractivity contribution is 0.0950. The van der Waals surface area contributed by atoms with Crippen LogP contribution in [0.5, 0.6) is 0 Å². The van der Waals surface area contributed by atoms with Crippen molar-refractivity contribution in [2.75, 3.05) is 19.7 Å². The molecular formula is C17H28N4O2. The van der Waals surface area contributed by atoms with Gasteiger partial charge in [0, 0.05) is 49.0 Å². The molecule has 0 aliphatic carbocycles. The molecular weight excluding hydrogens is 292 g/mol. The van der Waals surface area contributed by atoms with Crippen LogP contribution in [0.2, 0.25) is 0 Å². The van der Waals surface area contributed by atoms with Crippen LogP contribution in [-0.4, -0.2) is 46.7 Å². The second-order valence-corrected chi connectivity index (χ2v) is 7.01. The van der Waals surface area contributed by atoms with Crippen molar-refractivity contribution in [2.45, 2.75) is 58.5 Å². The van der Waals surface area contributed by atoms with Gasteiger partial charge in [0.05, 0.1) is 6.61 Å². The Morgan fingerprint density at radius 3 is 2.43 bits per heavy atom. The number of likely N-dealkylation sites (tertiary alicyclic amines) is 1. The van der Waals surface area contributed by atoms with Crippen LogP contribution in [-0.2, 0) is 16.7 Å². The number of carbonyl (C=O) groups excluding carboxylic acids is 1. The molecule has 0 radical (unpaired) electrons. The van der Waals surface area contributed by atoms with Gasteiger partial charge in [-0.15, -0.1) is 0 Å². The lowest BCUT2D eigenvalue weighted by Crippen LogP contribution is -2.44. The fraction of sp³-hybridized carbons (Fsp3) is 0.706. The number of nitrogens with zero attached hydrogens (tertiary/aromatic N) is 3. The fourth-order valence-electron chi connectivity index (χ4n) is 2.58. The van der Waals surface area contributed by atoms with E-state index in [1.54, 1.807) is 4.90 Å². The number of hydrogen-bond donors (Lipinski definition) is 1. The number of rotatable bonds is 4. The number of piperidine rings is 1. The van der Waals surface area contributed by atoms with Crippen LogP contribution in [0.1, 0.15) is 51.9 Å². The predicted octanol–water partition coefficient (Wildman–Crippen LogP) is 2.48. The Bertz CT molecular complexity index is 502. The lowest BCUT2D eigenvalue weighted by atomic mass is 9.96. The van der Waals surface area contributed by atoms with Crippen LogP contribution >= 0.6 is 0 Å². The average Bonchev–Trinajstić information content (AvgIpc) is 2.53. The van der Waals surface area contributed by atoms with Crippen molar-refractivity contribution in [1.29, 1.82) is 0 Å². The van der Waals surface area contributed by atoms with Crippen LogP contribution < -0.4 is 5.32 Å².